The smallest absolute Gasteiger partial charge is 0.413 e. The van der Waals surface area contributed by atoms with Gasteiger partial charge in [0.05, 0.1) is 6.61 Å². The van der Waals surface area contributed by atoms with E-state index in [-0.39, 0.29) is 0 Å². The van der Waals surface area contributed by atoms with Crippen LogP contribution in [0.1, 0.15) is 60.3 Å². The highest BCUT2D eigenvalue weighted by molar-refractivity contribution is 5.85. The second-order valence-corrected chi connectivity index (χ2v) is 6.44. The molecule has 128 valence electrons. The Morgan fingerprint density at radius 2 is 1.91 bits per heavy atom. The maximum Gasteiger partial charge on any atom is 0.413 e. The molecular weight excluding hydrogens is 286 g/mol. The third-order valence-electron chi connectivity index (χ3n) is 3.38. The van der Waals surface area contributed by atoms with E-state index in [1.807, 2.05) is 6.92 Å². The van der Waals surface area contributed by atoms with Crippen LogP contribution in [-0.2, 0) is 19.0 Å². The molecule has 1 amide bonds. The topological polar surface area (TPSA) is 65.1 Å². The van der Waals surface area contributed by atoms with Gasteiger partial charge in [-0.2, -0.15) is 0 Å². The summed E-state index contributed by atoms with van der Waals surface area (Å²) >= 11 is 0. The summed E-state index contributed by atoms with van der Waals surface area (Å²) < 4.78 is 16.4. The Bertz CT molecular complexity index is 390. The Hall–Kier alpha value is -1.30. The standard InChI is InChI=1S/C16H29NO5/c1-6-8-12-20-13(18)16(21-7-2)10-9-11-17(16)14(19)22-15(3,4)5/h6-12H2,1-5H3/t16-/m1/s1. The van der Waals surface area contributed by atoms with E-state index in [1.54, 1.807) is 27.7 Å². The van der Waals surface area contributed by atoms with Gasteiger partial charge >= 0.3 is 12.1 Å². The molecule has 1 aliphatic heterocycles. The van der Waals surface area contributed by atoms with Crippen molar-refractivity contribution in [2.24, 2.45) is 0 Å². The van der Waals surface area contributed by atoms with E-state index in [0.29, 0.717) is 32.6 Å². The van der Waals surface area contributed by atoms with Crippen molar-refractivity contribution < 1.29 is 23.8 Å². The summed E-state index contributed by atoms with van der Waals surface area (Å²) in [7, 11) is 0. The Kier molecular flexibility index (Phi) is 6.66. The molecule has 1 heterocycles. The van der Waals surface area contributed by atoms with Crippen molar-refractivity contribution in [3.05, 3.63) is 0 Å². The highest BCUT2D eigenvalue weighted by Gasteiger charge is 2.53. The van der Waals surface area contributed by atoms with Crippen LogP contribution in [0.4, 0.5) is 4.79 Å². The predicted octanol–water partition coefficient (Wildman–Crippen LogP) is 3.09. The van der Waals surface area contributed by atoms with E-state index in [4.69, 9.17) is 14.2 Å². The van der Waals surface area contributed by atoms with Crippen LogP contribution in [-0.4, -0.2) is 48.0 Å². The fourth-order valence-electron chi connectivity index (χ4n) is 2.43. The summed E-state index contributed by atoms with van der Waals surface area (Å²) in [6.45, 7) is 10.3. The van der Waals surface area contributed by atoms with Gasteiger partial charge in [-0.3, -0.25) is 4.90 Å². The first-order valence-corrected chi connectivity index (χ1v) is 8.08. The lowest BCUT2D eigenvalue weighted by Gasteiger charge is -2.36. The average molecular weight is 315 g/mol. The highest BCUT2D eigenvalue weighted by Crippen LogP contribution is 2.33. The first-order chi connectivity index (χ1) is 10.3. The Morgan fingerprint density at radius 1 is 1.23 bits per heavy atom. The van der Waals surface area contributed by atoms with Crippen LogP contribution in [0.5, 0.6) is 0 Å². The lowest BCUT2D eigenvalue weighted by Crippen LogP contribution is -2.56. The Labute approximate surface area is 133 Å². The normalized spacial score (nSPS) is 21.8. The fraction of sp³-hybridized carbons (Fsp3) is 0.875. The van der Waals surface area contributed by atoms with E-state index in [1.165, 1.54) is 4.90 Å². The number of hydrogen-bond donors (Lipinski definition) is 0. The van der Waals surface area contributed by atoms with Crippen molar-refractivity contribution in [3.8, 4) is 0 Å². The van der Waals surface area contributed by atoms with E-state index in [0.717, 1.165) is 12.8 Å². The van der Waals surface area contributed by atoms with Crippen molar-refractivity contribution in [1.29, 1.82) is 0 Å². The van der Waals surface area contributed by atoms with Crippen LogP contribution < -0.4 is 0 Å². The monoisotopic (exact) mass is 315 g/mol. The molecule has 1 atom stereocenters. The number of rotatable bonds is 6. The quantitative estimate of drug-likeness (QED) is 0.556. The van der Waals surface area contributed by atoms with Gasteiger partial charge in [0.15, 0.2) is 0 Å². The maximum atomic E-state index is 12.5. The number of amides is 1. The molecule has 0 aromatic rings. The third-order valence-corrected chi connectivity index (χ3v) is 3.38. The number of ether oxygens (including phenoxy) is 3. The summed E-state index contributed by atoms with van der Waals surface area (Å²) in [5.74, 6) is -0.494. The summed E-state index contributed by atoms with van der Waals surface area (Å²) in [6.07, 6.45) is 2.31. The molecule has 0 N–H and O–H groups in total. The van der Waals surface area contributed by atoms with Crippen LogP contribution in [0.25, 0.3) is 0 Å². The number of carbonyl (C=O) groups excluding carboxylic acids is 2. The first kappa shape index (κ1) is 18.7. The van der Waals surface area contributed by atoms with Crippen molar-refractivity contribution in [2.45, 2.75) is 71.6 Å². The van der Waals surface area contributed by atoms with Gasteiger partial charge in [-0.25, -0.2) is 9.59 Å². The van der Waals surface area contributed by atoms with Gasteiger partial charge in [0.1, 0.15) is 5.60 Å². The molecule has 0 saturated carbocycles. The minimum atomic E-state index is -1.34. The number of hydrogen-bond acceptors (Lipinski definition) is 5. The predicted molar refractivity (Wildman–Crippen MR) is 82.4 cm³/mol. The Balaban J connectivity index is 2.89. The van der Waals surface area contributed by atoms with Crippen molar-refractivity contribution in [2.75, 3.05) is 19.8 Å². The largest absolute Gasteiger partial charge is 0.462 e. The summed E-state index contributed by atoms with van der Waals surface area (Å²) in [5.41, 5.74) is -1.96. The van der Waals surface area contributed by atoms with Crippen LogP contribution in [0.3, 0.4) is 0 Å². The van der Waals surface area contributed by atoms with Gasteiger partial charge in [0, 0.05) is 19.6 Å². The molecule has 0 radical (unpaired) electrons. The molecular formula is C16H29NO5. The minimum absolute atomic E-state index is 0.322. The average Bonchev–Trinajstić information content (AvgIpc) is 2.82. The molecule has 1 fully saturated rings. The first-order valence-electron chi connectivity index (χ1n) is 8.08. The van der Waals surface area contributed by atoms with E-state index in [2.05, 4.69) is 0 Å². The van der Waals surface area contributed by atoms with E-state index < -0.39 is 23.4 Å². The van der Waals surface area contributed by atoms with Crippen molar-refractivity contribution >= 4 is 12.1 Å². The van der Waals surface area contributed by atoms with Gasteiger partial charge in [0.25, 0.3) is 0 Å². The van der Waals surface area contributed by atoms with Crippen LogP contribution >= 0.6 is 0 Å². The lowest BCUT2D eigenvalue weighted by atomic mass is 10.1. The highest BCUT2D eigenvalue weighted by atomic mass is 16.6. The van der Waals surface area contributed by atoms with E-state index in [9.17, 15) is 9.59 Å². The van der Waals surface area contributed by atoms with Gasteiger partial charge in [-0.05, 0) is 40.5 Å². The van der Waals surface area contributed by atoms with Crippen LogP contribution in [0.2, 0.25) is 0 Å². The fourth-order valence-corrected chi connectivity index (χ4v) is 2.43. The van der Waals surface area contributed by atoms with Crippen molar-refractivity contribution in [3.63, 3.8) is 0 Å². The molecule has 1 saturated heterocycles. The zero-order valence-corrected chi connectivity index (χ0v) is 14.4. The second kappa shape index (κ2) is 7.81. The summed E-state index contributed by atoms with van der Waals surface area (Å²) in [5, 5.41) is 0. The van der Waals surface area contributed by atoms with Crippen LogP contribution in [0, 0.1) is 0 Å². The number of likely N-dealkylation sites (tertiary alicyclic amines) is 1. The zero-order chi connectivity index (χ0) is 16.8. The molecule has 0 bridgehead atoms. The number of carbonyl (C=O) groups is 2. The van der Waals surface area contributed by atoms with Gasteiger partial charge in [-0.15, -0.1) is 0 Å². The molecule has 1 rings (SSSR count). The lowest BCUT2D eigenvalue weighted by molar-refractivity contribution is -0.192. The van der Waals surface area contributed by atoms with Crippen LogP contribution in [0.15, 0.2) is 0 Å². The van der Waals surface area contributed by atoms with Gasteiger partial charge in [-0.1, -0.05) is 13.3 Å². The molecule has 0 aliphatic carbocycles. The maximum absolute atomic E-state index is 12.5. The molecule has 6 nitrogen and oxygen atoms in total. The van der Waals surface area contributed by atoms with Crippen molar-refractivity contribution in [1.82, 2.24) is 4.90 Å². The Morgan fingerprint density at radius 3 is 2.45 bits per heavy atom. The number of unbranched alkanes of at least 4 members (excludes halogenated alkanes) is 1. The molecule has 1 aliphatic rings. The number of nitrogens with zero attached hydrogens (tertiary/aromatic N) is 1. The molecule has 22 heavy (non-hydrogen) atoms. The van der Waals surface area contributed by atoms with Gasteiger partial charge < -0.3 is 14.2 Å². The molecule has 0 spiro atoms. The minimum Gasteiger partial charge on any atom is -0.462 e. The molecule has 6 heteroatoms. The SMILES string of the molecule is CCCCOC(=O)[C@]1(OCC)CCCN1C(=O)OC(C)(C)C. The number of esters is 1. The van der Waals surface area contributed by atoms with Gasteiger partial charge in [0.2, 0.25) is 5.72 Å². The van der Waals surface area contributed by atoms with E-state index >= 15 is 0 Å². The summed E-state index contributed by atoms with van der Waals surface area (Å²) in [6, 6.07) is 0. The molecule has 0 aromatic carbocycles. The zero-order valence-electron chi connectivity index (χ0n) is 14.4. The molecule has 0 aromatic heterocycles. The second-order valence-electron chi connectivity index (χ2n) is 6.44. The third kappa shape index (κ3) is 4.60. The summed E-state index contributed by atoms with van der Waals surface area (Å²) in [4.78, 5) is 26.3. The molecule has 0 unspecified atom stereocenters.